The number of amides is 3. The summed E-state index contributed by atoms with van der Waals surface area (Å²) in [5, 5.41) is 2.50. The lowest BCUT2D eigenvalue weighted by molar-refractivity contribution is -0.143. The summed E-state index contributed by atoms with van der Waals surface area (Å²) >= 11 is 2.04. The van der Waals surface area contributed by atoms with Crippen molar-refractivity contribution in [3.8, 4) is 11.5 Å². The number of ether oxygens (including phenoxy) is 3. The highest BCUT2D eigenvalue weighted by atomic mass is 127. The van der Waals surface area contributed by atoms with Gasteiger partial charge in [0.1, 0.15) is 5.70 Å². The largest absolute Gasteiger partial charge is 0.490 e. The highest BCUT2D eigenvalue weighted by molar-refractivity contribution is 14.1. The first kappa shape index (κ1) is 19.0. The molecule has 134 valence electrons. The van der Waals surface area contributed by atoms with Crippen LogP contribution in [-0.2, 0) is 14.3 Å². The molecule has 25 heavy (non-hydrogen) atoms. The fourth-order valence-corrected chi connectivity index (χ4v) is 2.84. The highest BCUT2D eigenvalue weighted by Crippen LogP contribution is 2.35. The van der Waals surface area contributed by atoms with Gasteiger partial charge in [0, 0.05) is 7.05 Å². The second-order valence-electron chi connectivity index (χ2n) is 4.98. The summed E-state index contributed by atoms with van der Waals surface area (Å²) in [5.74, 6) is -0.0834. The number of hydrogen-bond donors (Lipinski definition) is 1. The topological polar surface area (TPSA) is 94.2 Å². The minimum Gasteiger partial charge on any atom is -0.490 e. The molecule has 0 aliphatic carbocycles. The molecule has 1 aliphatic heterocycles. The molecule has 1 heterocycles. The Hall–Kier alpha value is -2.30. The molecule has 3 amide bonds. The quantitative estimate of drug-likeness (QED) is 0.301. The lowest BCUT2D eigenvalue weighted by atomic mass is 10.1. The van der Waals surface area contributed by atoms with E-state index in [1.165, 1.54) is 14.2 Å². The van der Waals surface area contributed by atoms with Crippen LogP contribution in [0.15, 0.2) is 17.8 Å². The Morgan fingerprint density at radius 3 is 2.60 bits per heavy atom. The van der Waals surface area contributed by atoms with Gasteiger partial charge in [-0.05, 0) is 53.3 Å². The van der Waals surface area contributed by atoms with E-state index in [0.717, 1.165) is 4.90 Å². The van der Waals surface area contributed by atoms with Gasteiger partial charge in [-0.3, -0.25) is 9.69 Å². The zero-order chi connectivity index (χ0) is 18.6. The number of benzene rings is 1. The first-order valence-corrected chi connectivity index (χ1v) is 8.42. The molecule has 0 aromatic heterocycles. The van der Waals surface area contributed by atoms with Crippen LogP contribution in [0.5, 0.6) is 11.5 Å². The SMILES string of the molecule is CCOc1cc(/C=C2/NC(=O)N(C)C2=O)cc(I)c1OCC(=O)OC. The molecule has 1 fully saturated rings. The van der Waals surface area contributed by atoms with Gasteiger partial charge >= 0.3 is 12.0 Å². The van der Waals surface area contributed by atoms with Gasteiger partial charge in [0.2, 0.25) is 0 Å². The summed E-state index contributed by atoms with van der Waals surface area (Å²) in [5.41, 5.74) is 0.825. The van der Waals surface area contributed by atoms with E-state index in [-0.39, 0.29) is 12.3 Å². The lowest BCUT2D eigenvalue weighted by Gasteiger charge is -2.14. The number of likely N-dealkylation sites (N-methyl/N-ethyl adjacent to an activating group) is 1. The van der Waals surface area contributed by atoms with Gasteiger partial charge in [-0.2, -0.15) is 0 Å². The first-order valence-electron chi connectivity index (χ1n) is 7.34. The number of esters is 1. The van der Waals surface area contributed by atoms with Crippen molar-refractivity contribution in [3.63, 3.8) is 0 Å². The molecule has 1 saturated heterocycles. The van der Waals surface area contributed by atoms with Crippen LogP contribution in [0.1, 0.15) is 12.5 Å². The highest BCUT2D eigenvalue weighted by Gasteiger charge is 2.30. The van der Waals surface area contributed by atoms with Gasteiger partial charge in [0.15, 0.2) is 18.1 Å². The number of halogens is 1. The molecule has 1 aromatic rings. The third-order valence-corrected chi connectivity index (χ3v) is 4.09. The summed E-state index contributed by atoms with van der Waals surface area (Å²) in [6.07, 6.45) is 1.55. The number of carbonyl (C=O) groups excluding carboxylic acids is 3. The van der Waals surface area contributed by atoms with E-state index in [0.29, 0.717) is 27.2 Å². The number of methoxy groups -OCH3 is 1. The fourth-order valence-electron chi connectivity index (χ4n) is 2.05. The predicted octanol–water partition coefficient (Wildman–Crippen LogP) is 1.76. The van der Waals surface area contributed by atoms with Gasteiger partial charge in [0.05, 0.1) is 17.3 Å². The van der Waals surface area contributed by atoms with Crippen molar-refractivity contribution in [2.45, 2.75) is 6.92 Å². The average Bonchev–Trinajstić information content (AvgIpc) is 2.81. The molecule has 0 unspecified atom stereocenters. The van der Waals surface area contributed by atoms with Crippen molar-refractivity contribution >= 4 is 46.6 Å². The Bertz CT molecular complexity index is 746. The zero-order valence-corrected chi connectivity index (χ0v) is 16.1. The molecule has 0 spiro atoms. The van der Waals surface area contributed by atoms with Crippen molar-refractivity contribution in [3.05, 3.63) is 27.0 Å². The average molecular weight is 460 g/mol. The van der Waals surface area contributed by atoms with E-state index in [1.807, 2.05) is 29.5 Å². The smallest absolute Gasteiger partial charge is 0.343 e. The number of nitrogens with zero attached hydrogens (tertiary/aromatic N) is 1. The molecule has 0 radical (unpaired) electrons. The summed E-state index contributed by atoms with van der Waals surface area (Å²) in [6.45, 7) is 1.97. The summed E-state index contributed by atoms with van der Waals surface area (Å²) < 4.78 is 16.3. The van der Waals surface area contributed by atoms with Gasteiger partial charge in [0.25, 0.3) is 5.91 Å². The van der Waals surface area contributed by atoms with Crippen LogP contribution < -0.4 is 14.8 Å². The Morgan fingerprint density at radius 1 is 1.32 bits per heavy atom. The zero-order valence-electron chi connectivity index (χ0n) is 13.9. The van der Waals surface area contributed by atoms with Gasteiger partial charge in [-0.1, -0.05) is 0 Å². The number of rotatable bonds is 6. The minimum atomic E-state index is -0.508. The molecular formula is C16H17IN2O6. The Morgan fingerprint density at radius 2 is 2.04 bits per heavy atom. The molecule has 8 nitrogen and oxygen atoms in total. The van der Waals surface area contributed by atoms with Crippen LogP contribution in [0.2, 0.25) is 0 Å². The monoisotopic (exact) mass is 460 g/mol. The second-order valence-corrected chi connectivity index (χ2v) is 6.14. The molecular weight excluding hydrogens is 443 g/mol. The van der Waals surface area contributed by atoms with E-state index in [2.05, 4.69) is 10.1 Å². The molecule has 1 aliphatic rings. The summed E-state index contributed by atoms with van der Waals surface area (Å²) in [6, 6.07) is 2.94. The molecule has 9 heteroatoms. The standard InChI is InChI=1S/C16H17IN2O6/c1-4-24-12-7-9(6-11-15(21)19(2)16(22)18-11)5-10(17)14(12)25-8-13(20)23-3/h5-7H,4,8H2,1-3H3,(H,18,22)/b11-6+. The van der Waals surface area contributed by atoms with Crippen LogP contribution in [0, 0.1) is 3.57 Å². The maximum Gasteiger partial charge on any atom is 0.343 e. The molecule has 0 atom stereocenters. The van der Waals surface area contributed by atoms with E-state index in [9.17, 15) is 14.4 Å². The second kappa shape index (κ2) is 8.19. The van der Waals surface area contributed by atoms with Crippen molar-refractivity contribution in [2.24, 2.45) is 0 Å². The van der Waals surface area contributed by atoms with Crippen LogP contribution in [-0.4, -0.2) is 50.2 Å². The first-order chi connectivity index (χ1) is 11.9. The van der Waals surface area contributed by atoms with Crippen LogP contribution in [0.4, 0.5) is 4.79 Å². The number of urea groups is 1. The Balaban J connectivity index is 2.34. The maximum atomic E-state index is 12.0. The number of carbonyl (C=O) groups is 3. The molecule has 2 rings (SSSR count). The Kier molecular flexibility index (Phi) is 6.23. The molecule has 1 N–H and O–H groups in total. The molecule has 0 bridgehead atoms. The third kappa shape index (κ3) is 4.41. The normalized spacial score (nSPS) is 15.4. The number of imide groups is 1. The minimum absolute atomic E-state index is 0.175. The summed E-state index contributed by atoms with van der Waals surface area (Å²) in [4.78, 5) is 35.7. The lowest BCUT2D eigenvalue weighted by Crippen LogP contribution is -2.25. The molecule has 1 aromatic carbocycles. The van der Waals surface area contributed by atoms with Crippen molar-refractivity contribution in [2.75, 3.05) is 27.4 Å². The number of hydrogen-bond acceptors (Lipinski definition) is 6. The summed E-state index contributed by atoms with van der Waals surface area (Å²) in [7, 11) is 2.68. The van der Waals surface area contributed by atoms with Crippen LogP contribution in [0.25, 0.3) is 6.08 Å². The van der Waals surface area contributed by atoms with Crippen molar-refractivity contribution < 1.29 is 28.6 Å². The van der Waals surface area contributed by atoms with Crippen LogP contribution >= 0.6 is 22.6 Å². The third-order valence-electron chi connectivity index (χ3n) is 3.29. The van der Waals surface area contributed by atoms with E-state index < -0.39 is 17.9 Å². The van der Waals surface area contributed by atoms with Crippen molar-refractivity contribution in [1.82, 2.24) is 10.2 Å². The Labute approximate surface area is 158 Å². The van der Waals surface area contributed by atoms with Crippen LogP contribution in [0.3, 0.4) is 0 Å². The van der Waals surface area contributed by atoms with Gasteiger partial charge < -0.3 is 19.5 Å². The molecule has 0 saturated carbocycles. The predicted molar refractivity (Wildman–Crippen MR) is 97.1 cm³/mol. The van der Waals surface area contributed by atoms with Gasteiger partial charge in [-0.15, -0.1) is 0 Å². The fraction of sp³-hybridized carbons (Fsp3) is 0.312. The van der Waals surface area contributed by atoms with E-state index in [4.69, 9.17) is 9.47 Å². The number of nitrogens with one attached hydrogen (secondary N) is 1. The van der Waals surface area contributed by atoms with E-state index >= 15 is 0 Å². The maximum absolute atomic E-state index is 12.0. The van der Waals surface area contributed by atoms with Crippen molar-refractivity contribution in [1.29, 1.82) is 0 Å². The van der Waals surface area contributed by atoms with Gasteiger partial charge in [-0.25, -0.2) is 9.59 Å². The van der Waals surface area contributed by atoms with E-state index in [1.54, 1.807) is 18.2 Å².